The number of carbonyl (C=O) groups excluding carboxylic acids is 1. The van der Waals surface area contributed by atoms with Crippen LogP contribution in [0.25, 0.3) is 53.6 Å². The Morgan fingerprint density at radius 2 is 0.932 bits per heavy atom. The monoisotopic (exact) mass is 1920 g/mol. The zero-order chi connectivity index (χ0) is 86.8. The number of hydrogen-bond acceptors (Lipinski definition) is 18. The van der Waals surface area contributed by atoms with Gasteiger partial charge >= 0.3 is 26.7 Å². The molecule has 3 aliphatic heterocycles. The lowest BCUT2D eigenvalue weighted by molar-refractivity contribution is 0.00578. The average molecular weight is 1930 g/mol. The van der Waals surface area contributed by atoms with Crippen LogP contribution < -0.4 is 15.4 Å². The number of aromatic carboxylic acids is 2. The predicted molar refractivity (Wildman–Crippen MR) is 499 cm³/mol. The molecule has 2 unspecified atom stereocenters. The number of thiophene rings is 4. The topological polar surface area (TPSA) is 247 Å². The minimum atomic E-state index is -1.07. The molecular weight excluding hydrogens is 1820 g/mol. The number of likely N-dealkylation sites (tertiary alicyclic amines) is 1. The summed E-state index contributed by atoms with van der Waals surface area (Å²) in [6.07, 6.45) is 10.6. The van der Waals surface area contributed by atoms with Gasteiger partial charge in [0, 0.05) is 150 Å². The second-order valence-electron chi connectivity index (χ2n) is 33.4. The molecule has 2 atom stereocenters. The Morgan fingerprint density at radius 3 is 1.31 bits per heavy atom. The molecular formula is C89H101B2Br3Cl3N6O11S4. The number of rotatable bonds is 11. The summed E-state index contributed by atoms with van der Waals surface area (Å²) < 4.78 is 20.2. The largest absolute Gasteiger partial charge is 0.569 e. The quantitative estimate of drug-likeness (QED) is 0.0659. The number of halogens is 6. The molecule has 3 fully saturated rings. The first-order valence-corrected chi connectivity index (χ1v) is 45.2. The van der Waals surface area contributed by atoms with E-state index in [1.165, 1.54) is 38.5 Å². The maximum Gasteiger partial charge on any atom is 0.569 e. The Labute approximate surface area is 751 Å². The summed E-state index contributed by atoms with van der Waals surface area (Å²) in [6, 6.07) is 39.2. The van der Waals surface area contributed by atoms with Crippen molar-refractivity contribution in [2.75, 3.05) is 26.2 Å². The summed E-state index contributed by atoms with van der Waals surface area (Å²) in [5, 5.41) is 57.1. The first-order valence-electron chi connectivity index (χ1n) is 38.2. The van der Waals surface area contributed by atoms with Gasteiger partial charge in [-0.25, -0.2) is 9.59 Å². The van der Waals surface area contributed by atoms with Crippen LogP contribution in [0, 0.1) is 0 Å². The Kier molecular flexibility index (Phi) is 35.3. The summed E-state index contributed by atoms with van der Waals surface area (Å²) in [4.78, 5) is 57.4. The van der Waals surface area contributed by atoms with Crippen LogP contribution in [0.1, 0.15) is 190 Å². The van der Waals surface area contributed by atoms with Crippen molar-refractivity contribution in [1.29, 1.82) is 0 Å². The zero-order valence-corrected chi connectivity index (χ0v) is 79.3. The van der Waals surface area contributed by atoms with E-state index in [4.69, 9.17) is 64.5 Å². The first kappa shape index (κ1) is 96.9. The molecule has 6 N–H and O–H groups in total. The highest BCUT2D eigenvalue weighted by Gasteiger charge is 2.52. The van der Waals surface area contributed by atoms with Gasteiger partial charge in [0.2, 0.25) is 0 Å². The second kappa shape index (κ2) is 43.0. The van der Waals surface area contributed by atoms with Gasteiger partial charge < -0.3 is 49.6 Å². The molecule has 3 saturated heterocycles. The van der Waals surface area contributed by atoms with Crippen molar-refractivity contribution in [3.05, 3.63) is 241 Å². The number of piperidine rings is 2. The lowest BCUT2D eigenvalue weighted by atomic mass is 9.77. The molecule has 118 heavy (non-hydrogen) atoms. The number of amides is 1. The Balaban J connectivity index is 0.000000181. The van der Waals surface area contributed by atoms with Crippen molar-refractivity contribution in [3.8, 4) is 59.3 Å². The van der Waals surface area contributed by atoms with Crippen LogP contribution in [0.5, 0.6) is 5.75 Å². The molecule has 1 amide bonds. The number of aliphatic hydroxyl groups is 2. The van der Waals surface area contributed by atoms with Gasteiger partial charge in [0.25, 0.3) is 5.91 Å². The molecule has 0 spiro atoms. The normalized spacial score (nSPS) is 15.6. The number of pyridine rings is 4. The number of nitrogens with one attached hydrogen (secondary N) is 1. The summed E-state index contributed by atoms with van der Waals surface area (Å²) in [6.45, 7) is 37.1. The van der Waals surface area contributed by atoms with Crippen molar-refractivity contribution in [1.82, 2.24) is 30.2 Å². The number of nitrogens with zero attached hydrogens (tertiary/aromatic N) is 5. The van der Waals surface area contributed by atoms with Crippen LogP contribution in [0.15, 0.2) is 186 Å². The first-order chi connectivity index (χ1) is 55.3. The number of β-amino-alcohol motifs (C(OH)–C–C–N with tert-alkyl or cyclic N) is 2. The number of carboxylic acids is 2. The fraction of sp³-hybridized carbons (Fsp3) is 0.360. The van der Waals surface area contributed by atoms with Crippen molar-refractivity contribution < 1.29 is 53.8 Å². The minimum absolute atomic E-state index is 0.00776. The molecule has 3 aliphatic rings. The molecule has 17 nitrogen and oxygen atoms in total. The number of aromatic nitrogens is 4. The highest BCUT2D eigenvalue weighted by molar-refractivity contribution is 9.11. The molecule has 0 saturated carbocycles. The van der Waals surface area contributed by atoms with E-state index >= 15 is 0 Å². The summed E-state index contributed by atoms with van der Waals surface area (Å²) in [5.41, 5.74) is 12.9. The van der Waals surface area contributed by atoms with Gasteiger partial charge in [0.15, 0.2) is 0 Å². The second-order valence-corrected chi connectivity index (χ2v) is 41.4. The molecule has 14 rings (SSSR count). The minimum Gasteiger partial charge on any atom is -0.536 e. The van der Waals surface area contributed by atoms with Crippen molar-refractivity contribution in [2.24, 2.45) is 0 Å². The third kappa shape index (κ3) is 28.5. The Hall–Kier alpha value is -6.53. The van der Waals surface area contributed by atoms with E-state index in [0.29, 0.717) is 36.4 Å². The van der Waals surface area contributed by atoms with Crippen LogP contribution in [0.4, 0.5) is 0 Å². The molecule has 29 heteroatoms. The van der Waals surface area contributed by atoms with Crippen molar-refractivity contribution in [2.45, 2.75) is 182 Å². The van der Waals surface area contributed by atoms with Crippen LogP contribution in [0.2, 0.25) is 15.1 Å². The van der Waals surface area contributed by atoms with Gasteiger partial charge in [0.05, 0.1) is 43.3 Å². The summed E-state index contributed by atoms with van der Waals surface area (Å²) in [7, 11) is 0.163. The lowest BCUT2D eigenvalue weighted by Gasteiger charge is -2.32. The predicted octanol–water partition coefficient (Wildman–Crippen LogP) is 23.6. The number of aliphatic hydroxyl groups excluding tert-OH is 2. The van der Waals surface area contributed by atoms with Gasteiger partial charge in [-0.05, 0) is 267 Å². The van der Waals surface area contributed by atoms with Crippen LogP contribution >= 0.6 is 128 Å². The molecule has 1 radical (unpaired) electrons. The molecule has 625 valence electrons. The standard InChI is InChI=1S/C25H27ClN2O2S.C20H18ClNO2S.C15H24BNO2.C13H14BrNS.C7H5BClO4.C5H11NO.C4H2Br2S/c1-25(2,3)23-13-16(8-9-27-23)22-12-18(15-31-22)20-7-6-17(11-21(20)26)24(30)28-10-4-5-19(29)14-28;1-20(2,3)18-10-12(6-7-22-18)17-9-14(11-25-17)15-5-4-13(19(23)24)8-16(15)21;1-13(2,3)12-10-11(8-9-17-12)16-18-14(4,5)15(6,7)19-16;1-13(2,3)12-6-9(4-5-15-12)11-7-10(14)8-16-11;9-5-3-4(7(10)11)1-2-6(5)13-8-12;7-5-2-1-3-6-4-5;5-3-1-4(6)7-2-3/h6-9,11-13,15,19,29H,4-5,10,14H2,1-3H3;4-11H,1-3H3,(H,23,24);8-10H,1-7H3;4-8H,1-3H3;1-3,12H,(H,10,11);5-7H,1-4H2;1-2H. The van der Waals surface area contributed by atoms with E-state index in [-0.39, 0.29) is 73.9 Å². The molecule has 11 aromatic rings. The van der Waals surface area contributed by atoms with E-state index in [1.807, 2.05) is 71.9 Å². The van der Waals surface area contributed by atoms with Crippen molar-refractivity contribution >= 4 is 166 Å². The zero-order valence-electron chi connectivity index (χ0n) is 69.0. The molecule has 0 aliphatic carbocycles. The van der Waals surface area contributed by atoms with Gasteiger partial charge in [-0.15, -0.1) is 45.3 Å². The SMILES string of the molecule is Brc1csc(Br)c1.CC(C)(C)c1cc(-c2cc(-c3ccc(C(=O)N4CCCC(O)C4)cc3Cl)cs2)ccn1.CC(C)(C)c1cc(-c2cc(-c3ccc(C(=O)O)cc3Cl)cs2)ccn1.CC(C)(C)c1cc(-c2cc(Br)cs2)ccn1.CC(C)(C)c1cc(B2OC(C)(C)C(C)(C)O2)ccn1.O=C(O)c1ccc(O[B]O)c(Cl)c1.OC1CCCNC1. The Bertz CT molecular complexity index is 5150. The van der Waals surface area contributed by atoms with E-state index in [2.05, 4.69) is 248 Å². The number of hydrogen-bond donors (Lipinski definition) is 6. The summed E-state index contributed by atoms with van der Waals surface area (Å²) in [5.74, 6) is -1.92. The van der Waals surface area contributed by atoms with E-state index in [1.54, 1.807) is 68.4 Å². The molecule has 0 bridgehead atoms. The van der Waals surface area contributed by atoms with Crippen LogP contribution in [-0.2, 0) is 31.0 Å². The fourth-order valence-corrected chi connectivity index (χ4v) is 17.7. The third-order valence-electron chi connectivity index (χ3n) is 19.2. The van der Waals surface area contributed by atoms with Gasteiger partial charge in [-0.3, -0.25) is 24.7 Å². The fourth-order valence-electron chi connectivity index (χ4n) is 11.7. The van der Waals surface area contributed by atoms with Gasteiger partial charge in [-0.1, -0.05) is 130 Å². The highest BCUT2D eigenvalue weighted by Crippen LogP contribution is 2.42. The summed E-state index contributed by atoms with van der Waals surface area (Å²) >= 11 is 35.3. The number of carbonyl (C=O) groups is 3. The maximum atomic E-state index is 12.8. The van der Waals surface area contributed by atoms with Gasteiger partial charge in [0.1, 0.15) is 5.75 Å². The third-order valence-corrected chi connectivity index (χ3v) is 26.1. The molecule has 8 aromatic heterocycles. The van der Waals surface area contributed by atoms with Crippen LogP contribution in [-0.4, -0.2) is 133 Å². The van der Waals surface area contributed by atoms with E-state index in [0.717, 1.165) is 119 Å². The highest BCUT2D eigenvalue weighted by atomic mass is 79.9. The van der Waals surface area contributed by atoms with Crippen LogP contribution in [0.3, 0.4) is 0 Å². The maximum absolute atomic E-state index is 12.8. The Morgan fingerprint density at radius 1 is 0.517 bits per heavy atom. The van der Waals surface area contributed by atoms with E-state index in [9.17, 15) is 19.5 Å². The number of carboxylic acid groups (broad SMARTS) is 2. The van der Waals surface area contributed by atoms with Crippen molar-refractivity contribution in [3.63, 3.8) is 0 Å². The molecule has 11 heterocycles. The smallest absolute Gasteiger partial charge is 0.536 e. The van der Waals surface area contributed by atoms with Gasteiger partial charge in [-0.2, -0.15) is 0 Å². The average Bonchev–Trinajstić information content (AvgIpc) is 1.62. The number of benzene rings is 3. The lowest BCUT2D eigenvalue weighted by Crippen LogP contribution is -2.42. The van der Waals surface area contributed by atoms with E-state index < -0.39 is 18.0 Å². The molecule has 3 aromatic carbocycles.